The average molecular weight is 523 g/mol. The standard InChI is InChI=1S/C23H24Cl3F2NO4/c1-15(29-30-3)19-13-18(32-12-9-21(25)26)14-20(24)22(19)33-11-4-10-31-17-7-5-16(6-8-17)23(2,27)28/h5-9,13-14H,4,10-12H2,1-3H3/b29-15+. The molecule has 0 heterocycles. The van der Waals surface area contributed by atoms with Crippen LogP contribution in [0.4, 0.5) is 8.78 Å². The lowest BCUT2D eigenvalue weighted by atomic mass is 10.1. The van der Waals surface area contributed by atoms with Crippen LogP contribution in [0.3, 0.4) is 0 Å². The number of halogens is 5. The monoisotopic (exact) mass is 521 g/mol. The second-order valence-corrected chi connectivity index (χ2v) is 8.32. The normalized spacial score (nSPS) is 11.7. The van der Waals surface area contributed by atoms with Crippen LogP contribution in [0.5, 0.6) is 17.2 Å². The molecule has 2 aromatic rings. The van der Waals surface area contributed by atoms with Crippen molar-refractivity contribution >= 4 is 40.5 Å². The summed E-state index contributed by atoms with van der Waals surface area (Å²) in [6.45, 7) is 3.38. The van der Waals surface area contributed by atoms with Gasteiger partial charge in [0.25, 0.3) is 5.92 Å². The molecule has 2 aromatic carbocycles. The zero-order valence-corrected chi connectivity index (χ0v) is 20.6. The summed E-state index contributed by atoms with van der Waals surface area (Å²) in [7, 11) is 1.44. The zero-order valence-electron chi connectivity index (χ0n) is 18.3. The Hall–Kier alpha value is -2.22. The maximum absolute atomic E-state index is 13.3. The molecule has 33 heavy (non-hydrogen) atoms. The maximum Gasteiger partial charge on any atom is 0.270 e. The minimum Gasteiger partial charge on any atom is -0.493 e. The number of alkyl halides is 2. The van der Waals surface area contributed by atoms with Crippen molar-refractivity contribution in [1.29, 1.82) is 0 Å². The van der Waals surface area contributed by atoms with Gasteiger partial charge in [-0.1, -0.05) is 40.0 Å². The number of ether oxygens (including phenoxy) is 3. The van der Waals surface area contributed by atoms with E-state index < -0.39 is 5.92 Å². The third-order valence-electron chi connectivity index (χ3n) is 4.29. The van der Waals surface area contributed by atoms with Gasteiger partial charge in [-0.05, 0) is 43.3 Å². The SMILES string of the molecule is CO/N=C(\C)c1cc(OCC=C(Cl)Cl)cc(Cl)c1OCCCOc1ccc(C(C)(F)F)cc1. The summed E-state index contributed by atoms with van der Waals surface area (Å²) >= 11 is 17.6. The highest BCUT2D eigenvalue weighted by atomic mass is 35.5. The highest BCUT2D eigenvalue weighted by molar-refractivity contribution is 6.55. The minimum atomic E-state index is -2.89. The lowest BCUT2D eigenvalue weighted by molar-refractivity contribution is 0.0174. The first-order valence-electron chi connectivity index (χ1n) is 9.91. The largest absolute Gasteiger partial charge is 0.493 e. The van der Waals surface area contributed by atoms with Crippen LogP contribution in [0, 0.1) is 0 Å². The molecular formula is C23H24Cl3F2NO4. The summed E-state index contributed by atoms with van der Waals surface area (Å²) < 4.78 is 43.7. The van der Waals surface area contributed by atoms with Gasteiger partial charge in [-0.3, -0.25) is 0 Å². The molecule has 0 amide bonds. The molecule has 0 fully saturated rings. The van der Waals surface area contributed by atoms with Crippen LogP contribution in [-0.4, -0.2) is 32.6 Å². The average Bonchev–Trinajstić information content (AvgIpc) is 2.74. The molecule has 0 aliphatic rings. The van der Waals surface area contributed by atoms with E-state index in [0.29, 0.717) is 53.2 Å². The van der Waals surface area contributed by atoms with Crippen molar-refractivity contribution in [1.82, 2.24) is 0 Å². The number of oxime groups is 1. The molecule has 0 aromatic heterocycles. The molecular weight excluding hydrogens is 499 g/mol. The zero-order chi connectivity index (χ0) is 24.4. The van der Waals surface area contributed by atoms with Crippen molar-refractivity contribution in [2.45, 2.75) is 26.2 Å². The van der Waals surface area contributed by atoms with E-state index in [1.807, 2.05) is 0 Å². The van der Waals surface area contributed by atoms with Crippen LogP contribution in [0.15, 0.2) is 52.1 Å². The summed E-state index contributed by atoms with van der Waals surface area (Å²) in [4.78, 5) is 4.86. The number of nitrogens with zero attached hydrogens (tertiary/aromatic N) is 1. The van der Waals surface area contributed by atoms with Crippen LogP contribution in [0.2, 0.25) is 5.02 Å². The van der Waals surface area contributed by atoms with E-state index in [2.05, 4.69) is 5.16 Å². The minimum absolute atomic E-state index is 0.0670. The molecule has 0 unspecified atom stereocenters. The highest BCUT2D eigenvalue weighted by Gasteiger charge is 2.23. The van der Waals surface area contributed by atoms with Crippen LogP contribution in [0.25, 0.3) is 0 Å². The first kappa shape index (κ1) is 27.0. The first-order valence-corrected chi connectivity index (χ1v) is 11.0. The predicted molar refractivity (Wildman–Crippen MR) is 128 cm³/mol. The Labute approximate surface area is 206 Å². The smallest absolute Gasteiger partial charge is 0.270 e. The van der Waals surface area contributed by atoms with Crippen molar-refractivity contribution in [2.24, 2.45) is 5.16 Å². The third kappa shape index (κ3) is 8.91. The summed E-state index contributed by atoms with van der Waals surface area (Å²) in [6, 6.07) is 9.04. The molecule has 0 aliphatic heterocycles. The Morgan fingerprint density at radius 1 is 1.03 bits per heavy atom. The van der Waals surface area contributed by atoms with Gasteiger partial charge in [0.05, 0.1) is 23.9 Å². The second kappa shape index (κ2) is 12.9. The number of hydrogen-bond acceptors (Lipinski definition) is 5. The van der Waals surface area contributed by atoms with Gasteiger partial charge in [0.2, 0.25) is 0 Å². The van der Waals surface area contributed by atoms with Gasteiger partial charge in [0.1, 0.15) is 35.5 Å². The molecule has 0 radical (unpaired) electrons. The number of rotatable bonds is 12. The molecule has 0 aliphatic carbocycles. The summed E-state index contributed by atoms with van der Waals surface area (Å²) in [6.07, 6.45) is 2.03. The molecule has 5 nitrogen and oxygen atoms in total. The fourth-order valence-electron chi connectivity index (χ4n) is 2.72. The fraction of sp³-hybridized carbons (Fsp3) is 0.348. The van der Waals surface area contributed by atoms with Crippen molar-refractivity contribution in [3.8, 4) is 17.2 Å². The molecule has 0 N–H and O–H groups in total. The Morgan fingerprint density at radius 3 is 2.30 bits per heavy atom. The Balaban J connectivity index is 1.99. The van der Waals surface area contributed by atoms with Crippen LogP contribution in [-0.2, 0) is 10.8 Å². The maximum atomic E-state index is 13.3. The summed E-state index contributed by atoms with van der Waals surface area (Å²) in [5.41, 5.74) is 1.06. The topological polar surface area (TPSA) is 49.3 Å². The second-order valence-electron chi connectivity index (χ2n) is 6.91. The van der Waals surface area contributed by atoms with E-state index in [1.165, 1.54) is 37.5 Å². The fourth-order valence-corrected chi connectivity index (χ4v) is 3.11. The van der Waals surface area contributed by atoms with Gasteiger partial charge in [-0.15, -0.1) is 0 Å². The van der Waals surface area contributed by atoms with Crippen molar-refractivity contribution in [3.63, 3.8) is 0 Å². The highest BCUT2D eigenvalue weighted by Crippen LogP contribution is 2.34. The molecule has 180 valence electrons. The molecule has 10 heteroatoms. The van der Waals surface area contributed by atoms with Crippen molar-refractivity contribution in [3.05, 3.63) is 63.1 Å². The quantitative estimate of drug-likeness (QED) is 0.166. The summed E-state index contributed by atoms with van der Waals surface area (Å²) in [5, 5.41) is 4.27. The van der Waals surface area contributed by atoms with Gasteiger partial charge < -0.3 is 19.0 Å². The van der Waals surface area contributed by atoms with Crippen LogP contribution in [0.1, 0.15) is 31.4 Å². The Morgan fingerprint density at radius 2 is 1.70 bits per heavy atom. The molecule has 2 rings (SSSR count). The molecule has 0 spiro atoms. The molecule has 0 saturated heterocycles. The summed E-state index contributed by atoms with van der Waals surface area (Å²) in [5.74, 6) is -1.49. The van der Waals surface area contributed by atoms with Gasteiger partial charge in [0, 0.05) is 30.5 Å². The van der Waals surface area contributed by atoms with Crippen molar-refractivity contribution in [2.75, 3.05) is 26.9 Å². The van der Waals surface area contributed by atoms with Gasteiger partial charge in [-0.2, -0.15) is 0 Å². The lowest BCUT2D eigenvalue weighted by Gasteiger charge is -2.15. The van der Waals surface area contributed by atoms with E-state index in [0.717, 1.165) is 6.92 Å². The van der Waals surface area contributed by atoms with Gasteiger partial charge in [0.15, 0.2) is 0 Å². The Kier molecular flexibility index (Phi) is 10.5. The van der Waals surface area contributed by atoms with Crippen LogP contribution < -0.4 is 14.2 Å². The third-order valence-corrected chi connectivity index (χ3v) is 4.88. The van der Waals surface area contributed by atoms with E-state index in [9.17, 15) is 8.78 Å². The van der Waals surface area contributed by atoms with Crippen molar-refractivity contribution < 1.29 is 27.8 Å². The van der Waals surface area contributed by atoms with Gasteiger partial charge >= 0.3 is 0 Å². The van der Waals surface area contributed by atoms with Crippen LogP contribution >= 0.6 is 34.8 Å². The van der Waals surface area contributed by atoms with Gasteiger partial charge in [-0.25, -0.2) is 8.78 Å². The van der Waals surface area contributed by atoms with E-state index in [4.69, 9.17) is 53.9 Å². The van der Waals surface area contributed by atoms with E-state index in [-0.39, 0.29) is 16.7 Å². The predicted octanol–water partition coefficient (Wildman–Crippen LogP) is 7.37. The first-order chi connectivity index (χ1) is 15.6. The number of benzene rings is 2. The van der Waals surface area contributed by atoms with E-state index in [1.54, 1.807) is 19.1 Å². The molecule has 0 bridgehead atoms. The Bertz CT molecular complexity index is 973. The molecule has 0 atom stereocenters. The number of hydrogen-bond donors (Lipinski definition) is 0. The molecule has 0 saturated carbocycles. The lowest BCUT2D eigenvalue weighted by Crippen LogP contribution is -2.09. The van der Waals surface area contributed by atoms with E-state index >= 15 is 0 Å².